The molecule has 2 heterocycles. The third-order valence-electron chi connectivity index (χ3n) is 1.66. The number of nitrogens with zero attached hydrogens (tertiary/aromatic N) is 2. The number of aromatic nitrogens is 2. The molecule has 0 unspecified atom stereocenters. The van der Waals surface area contributed by atoms with Gasteiger partial charge in [0.25, 0.3) is 5.91 Å². The van der Waals surface area contributed by atoms with Gasteiger partial charge in [0.05, 0.1) is 17.4 Å². The van der Waals surface area contributed by atoms with E-state index in [9.17, 15) is 4.79 Å². The van der Waals surface area contributed by atoms with Gasteiger partial charge in [-0.2, -0.15) is 0 Å². The summed E-state index contributed by atoms with van der Waals surface area (Å²) in [6.07, 6.45) is 3.23. The smallest absolute Gasteiger partial charge is 0.276 e. The molecule has 0 aliphatic rings. The standard InChI is InChI=1S/C9H6BrN3OS/c10-8-7(12-5-15-8)9(14)13-6-2-1-3-11-4-6/h1-5H,(H,13,14). The van der Waals surface area contributed by atoms with Crippen molar-refractivity contribution in [2.24, 2.45) is 0 Å². The number of carbonyl (C=O) groups is 1. The number of nitrogens with one attached hydrogen (secondary N) is 1. The minimum atomic E-state index is -0.240. The van der Waals surface area contributed by atoms with E-state index in [1.807, 2.05) is 0 Å². The van der Waals surface area contributed by atoms with Gasteiger partial charge in [0.2, 0.25) is 0 Å². The lowest BCUT2D eigenvalue weighted by Crippen LogP contribution is -2.12. The normalized spacial score (nSPS) is 9.93. The first-order chi connectivity index (χ1) is 7.27. The van der Waals surface area contributed by atoms with Crippen LogP contribution in [0, 0.1) is 0 Å². The van der Waals surface area contributed by atoms with Gasteiger partial charge in [0.15, 0.2) is 5.69 Å². The molecule has 1 amide bonds. The number of hydrogen-bond donors (Lipinski definition) is 1. The molecule has 0 aliphatic carbocycles. The fraction of sp³-hybridized carbons (Fsp3) is 0. The average molecular weight is 284 g/mol. The maximum Gasteiger partial charge on any atom is 0.276 e. The highest BCUT2D eigenvalue weighted by Crippen LogP contribution is 2.21. The Morgan fingerprint density at radius 1 is 1.53 bits per heavy atom. The molecule has 0 aromatic carbocycles. The van der Waals surface area contributed by atoms with Crippen LogP contribution in [0.25, 0.3) is 0 Å². The number of hydrogen-bond acceptors (Lipinski definition) is 4. The maximum atomic E-state index is 11.7. The van der Waals surface area contributed by atoms with Crippen LogP contribution in [-0.2, 0) is 0 Å². The first-order valence-corrected chi connectivity index (χ1v) is 5.75. The Labute approximate surface area is 98.5 Å². The average Bonchev–Trinajstić information content (AvgIpc) is 2.66. The van der Waals surface area contributed by atoms with Crippen molar-refractivity contribution in [1.29, 1.82) is 0 Å². The molecule has 0 aliphatic heterocycles. The fourth-order valence-electron chi connectivity index (χ4n) is 1.01. The number of rotatable bonds is 2. The number of carbonyl (C=O) groups excluding carboxylic acids is 1. The highest BCUT2D eigenvalue weighted by atomic mass is 79.9. The third kappa shape index (κ3) is 2.40. The maximum absolute atomic E-state index is 11.7. The van der Waals surface area contributed by atoms with Crippen LogP contribution in [0.1, 0.15) is 10.5 Å². The second kappa shape index (κ2) is 4.50. The van der Waals surface area contributed by atoms with E-state index in [1.54, 1.807) is 30.0 Å². The van der Waals surface area contributed by atoms with E-state index in [-0.39, 0.29) is 5.91 Å². The van der Waals surface area contributed by atoms with Gasteiger partial charge in [0.1, 0.15) is 3.79 Å². The number of pyridine rings is 1. The molecule has 0 radical (unpaired) electrons. The van der Waals surface area contributed by atoms with Crippen LogP contribution in [0.15, 0.2) is 33.8 Å². The van der Waals surface area contributed by atoms with Crippen LogP contribution in [0.2, 0.25) is 0 Å². The number of thiazole rings is 1. The van der Waals surface area contributed by atoms with Gasteiger partial charge in [-0.25, -0.2) is 4.98 Å². The molecule has 0 saturated carbocycles. The second-order valence-corrected chi connectivity index (χ2v) is 4.84. The van der Waals surface area contributed by atoms with Gasteiger partial charge in [-0.05, 0) is 28.1 Å². The Morgan fingerprint density at radius 2 is 2.40 bits per heavy atom. The van der Waals surface area contributed by atoms with Crippen molar-refractivity contribution in [2.75, 3.05) is 5.32 Å². The van der Waals surface area contributed by atoms with Crippen LogP contribution < -0.4 is 5.32 Å². The monoisotopic (exact) mass is 283 g/mol. The van der Waals surface area contributed by atoms with Crippen molar-refractivity contribution < 1.29 is 4.79 Å². The zero-order valence-corrected chi connectivity index (χ0v) is 9.88. The molecule has 76 valence electrons. The van der Waals surface area contributed by atoms with E-state index in [4.69, 9.17) is 0 Å². The molecule has 2 rings (SSSR count). The topological polar surface area (TPSA) is 54.9 Å². The van der Waals surface area contributed by atoms with Crippen LogP contribution >= 0.6 is 27.3 Å². The van der Waals surface area contributed by atoms with Crippen molar-refractivity contribution in [1.82, 2.24) is 9.97 Å². The van der Waals surface area contributed by atoms with Gasteiger partial charge in [0, 0.05) is 6.20 Å². The van der Waals surface area contributed by atoms with Crippen molar-refractivity contribution >= 4 is 38.9 Å². The van der Waals surface area contributed by atoms with Crippen molar-refractivity contribution in [3.63, 3.8) is 0 Å². The van der Waals surface area contributed by atoms with Gasteiger partial charge >= 0.3 is 0 Å². The summed E-state index contributed by atoms with van der Waals surface area (Å²) >= 11 is 4.63. The van der Waals surface area contributed by atoms with Gasteiger partial charge in [-0.3, -0.25) is 9.78 Å². The lowest BCUT2D eigenvalue weighted by Gasteiger charge is -2.01. The number of anilines is 1. The van der Waals surface area contributed by atoms with Crippen molar-refractivity contribution in [3.05, 3.63) is 39.5 Å². The van der Waals surface area contributed by atoms with E-state index < -0.39 is 0 Å². The zero-order valence-electron chi connectivity index (χ0n) is 7.48. The summed E-state index contributed by atoms with van der Waals surface area (Å²) in [6.45, 7) is 0. The minimum Gasteiger partial charge on any atom is -0.319 e. The van der Waals surface area contributed by atoms with Gasteiger partial charge in [-0.15, -0.1) is 11.3 Å². The first kappa shape index (κ1) is 10.3. The van der Waals surface area contributed by atoms with E-state index in [1.165, 1.54) is 11.3 Å². The molecular formula is C9H6BrN3OS. The lowest BCUT2D eigenvalue weighted by atomic mass is 10.4. The Hall–Kier alpha value is -1.27. The highest BCUT2D eigenvalue weighted by molar-refractivity contribution is 9.11. The quantitative estimate of drug-likeness (QED) is 0.922. The molecule has 0 bridgehead atoms. The molecule has 0 atom stereocenters. The molecule has 1 N–H and O–H groups in total. The SMILES string of the molecule is O=C(Nc1cccnc1)c1ncsc1Br. The minimum absolute atomic E-state index is 0.240. The molecule has 2 aromatic rings. The van der Waals surface area contributed by atoms with E-state index in [2.05, 4.69) is 31.2 Å². The summed E-state index contributed by atoms with van der Waals surface area (Å²) in [4.78, 5) is 19.5. The predicted molar refractivity (Wildman–Crippen MR) is 62.0 cm³/mol. The Bertz CT molecular complexity index is 471. The second-order valence-electron chi connectivity index (χ2n) is 2.67. The van der Waals surface area contributed by atoms with E-state index in [0.717, 1.165) is 3.79 Å². The van der Waals surface area contributed by atoms with E-state index in [0.29, 0.717) is 11.4 Å². The van der Waals surface area contributed by atoms with Gasteiger partial charge < -0.3 is 5.32 Å². The van der Waals surface area contributed by atoms with Crippen molar-refractivity contribution in [2.45, 2.75) is 0 Å². The summed E-state index contributed by atoms with van der Waals surface area (Å²) < 4.78 is 0.726. The van der Waals surface area contributed by atoms with Crippen LogP contribution in [-0.4, -0.2) is 15.9 Å². The Kier molecular flexibility index (Phi) is 3.08. The van der Waals surface area contributed by atoms with Crippen LogP contribution in [0.3, 0.4) is 0 Å². The van der Waals surface area contributed by atoms with E-state index >= 15 is 0 Å². The molecular weight excluding hydrogens is 278 g/mol. The summed E-state index contributed by atoms with van der Waals surface area (Å²) in [5, 5.41) is 2.70. The van der Waals surface area contributed by atoms with Gasteiger partial charge in [-0.1, -0.05) is 0 Å². The molecule has 6 heteroatoms. The summed E-state index contributed by atoms with van der Waals surface area (Å²) in [6, 6.07) is 3.52. The molecule has 0 saturated heterocycles. The van der Waals surface area contributed by atoms with Crippen molar-refractivity contribution in [3.8, 4) is 0 Å². The largest absolute Gasteiger partial charge is 0.319 e. The van der Waals surface area contributed by atoms with Crippen LogP contribution in [0.5, 0.6) is 0 Å². The molecule has 0 spiro atoms. The van der Waals surface area contributed by atoms with Crippen LogP contribution in [0.4, 0.5) is 5.69 Å². The molecule has 4 nitrogen and oxygen atoms in total. The predicted octanol–water partition coefficient (Wildman–Crippen LogP) is 2.55. The molecule has 0 fully saturated rings. The Balaban J connectivity index is 2.15. The lowest BCUT2D eigenvalue weighted by molar-refractivity contribution is 0.102. The third-order valence-corrected chi connectivity index (χ3v) is 3.21. The first-order valence-electron chi connectivity index (χ1n) is 4.08. The zero-order chi connectivity index (χ0) is 10.7. The highest BCUT2D eigenvalue weighted by Gasteiger charge is 2.12. The summed E-state index contributed by atoms with van der Waals surface area (Å²) in [7, 11) is 0. The number of amides is 1. The molecule has 2 aromatic heterocycles. The fourth-order valence-corrected chi connectivity index (χ4v) is 2.05. The summed E-state index contributed by atoms with van der Waals surface area (Å²) in [5.74, 6) is -0.240. The Morgan fingerprint density at radius 3 is 3.00 bits per heavy atom. The molecule has 15 heavy (non-hydrogen) atoms. The number of halogens is 1. The summed E-state index contributed by atoms with van der Waals surface area (Å²) in [5.41, 5.74) is 2.66.